The van der Waals surface area contributed by atoms with Gasteiger partial charge in [-0.05, 0) is 66.2 Å². The predicted molar refractivity (Wildman–Crippen MR) is 100.0 cm³/mol. The molecule has 1 amide bonds. The van der Waals surface area contributed by atoms with Crippen molar-refractivity contribution >= 4 is 28.1 Å². The Bertz CT molecular complexity index is 863. The van der Waals surface area contributed by atoms with Crippen LogP contribution in [0.3, 0.4) is 0 Å². The number of benzene rings is 2. The summed E-state index contributed by atoms with van der Waals surface area (Å²) in [7, 11) is 0. The Balaban J connectivity index is 1.57. The van der Waals surface area contributed by atoms with Gasteiger partial charge < -0.3 is 4.74 Å². The zero-order valence-electron chi connectivity index (χ0n) is 13.1. The first-order valence-corrected chi connectivity index (χ1v) is 8.27. The molecular weight excluding hydrogens is 382 g/mol. The molecule has 0 saturated heterocycles. The minimum absolute atomic E-state index is 0.283. The van der Waals surface area contributed by atoms with E-state index in [2.05, 4.69) is 31.4 Å². The van der Waals surface area contributed by atoms with Gasteiger partial charge in [0.05, 0.1) is 6.21 Å². The molecule has 0 unspecified atom stereocenters. The van der Waals surface area contributed by atoms with Crippen LogP contribution >= 0.6 is 15.9 Å². The number of amides is 1. The van der Waals surface area contributed by atoms with Gasteiger partial charge in [-0.15, -0.1) is 0 Å². The zero-order valence-corrected chi connectivity index (χ0v) is 14.7. The number of hydrazone groups is 1. The molecular formula is C19H14BrN3O2. The standard InChI is InChI=1S/C19H14BrN3O2/c20-16-3-7-18(8-4-16)25-17-5-1-14(2-6-17)13-22-23-19(24)15-9-11-21-12-10-15/h1-13H,(H,23,24)/b22-13-. The number of halogens is 1. The number of hydrogen-bond donors (Lipinski definition) is 1. The van der Waals surface area contributed by atoms with Crippen LogP contribution in [0.5, 0.6) is 11.5 Å². The second-order valence-electron chi connectivity index (χ2n) is 5.06. The lowest BCUT2D eigenvalue weighted by Gasteiger charge is -2.05. The van der Waals surface area contributed by atoms with E-state index in [9.17, 15) is 4.79 Å². The molecule has 0 saturated carbocycles. The van der Waals surface area contributed by atoms with Gasteiger partial charge in [0.15, 0.2) is 0 Å². The maximum Gasteiger partial charge on any atom is 0.271 e. The molecule has 1 heterocycles. The quantitative estimate of drug-likeness (QED) is 0.514. The molecule has 0 radical (unpaired) electrons. The summed E-state index contributed by atoms with van der Waals surface area (Å²) < 4.78 is 6.75. The molecule has 25 heavy (non-hydrogen) atoms. The van der Waals surface area contributed by atoms with E-state index in [1.54, 1.807) is 30.7 Å². The monoisotopic (exact) mass is 395 g/mol. The Morgan fingerprint density at radius 3 is 2.20 bits per heavy atom. The number of nitrogens with one attached hydrogen (secondary N) is 1. The predicted octanol–water partition coefficient (Wildman–Crippen LogP) is 4.40. The van der Waals surface area contributed by atoms with Gasteiger partial charge in [-0.3, -0.25) is 9.78 Å². The number of carbonyl (C=O) groups excluding carboxylic acids is 1. The van der Waals surface area contributed by atoms with E-state index >= 15 is 0 Å². The zero-order chi connectivity index (χ0) is 17.5. The van der Waals surface area contributed by atoms with Crippen LogP contribution in [0.2, 0.25) is 0 Å². The fourth-order valence-electron chi connectivity index (χ4n) is 1.99. The summed E-state index contributed by atoms with van der Waals surface area (Å²) in [6, 6.07) is 18.2. The third kappa shape index (κ3) is 4.99. The maximum atomic E-state index is 11.8. The summed E-state index contributed by atoms with van der Waals surface area (Å²) in [4.78, 5) is 15.7. The van der Waals surface area contributed by atoms with E-state index in [-0.39, 0.29) is 5.91 Å². The summed E-state index contributed by atoms with van der Waals surface area (Å²) in [6.07, 6.45) is 4.69. The van der Waals surface area contributed by atoms with Gasteiger partial charge in [0, 0.05) is 22.4 Å². The Hall–Kier alpha value is -2.99. The molecule has 3 aromatic rings. The molecule has 6 heteroatoms. The highest BCUT2D eigenvalue weighted by atomic mass is 79.9. The van der Waals surface area contributed by atoms with Gasteiger partial charge in [-0.2, -0.15) is 5.10 Å². The largest absolute Gasteiger partial charge is 0.457 e. The third-order valence-electron chi connectivity index (χ3n) is 3.25. The number of aromatic nitrogens is 1. The van der Waals surface area contributed by atoms with Crippen molar-refractivity contribution in [3.63, 3.8) is 0 Å². The van der Waals surface area contributed by atoms with Gasteiger partial charge >= 0.3 is 0 Å². The van der Waals surface area contributed by atoms with Crippen molar-refractivity contribution < 1.29 is 9.53 Å². The molecule has 124 valence electrons. The third-order valence-corrected chi connectivity index (χ3v) is 3.78. The summed E-state index contributed by atoms with van der Waals surface area (Å²) in [6.45, 7) is 0. The average Bonchev–Trinajstić information content (AvgIpc) is 2.66. The maximum absolute atomic E-state index is 11.8. The lowest BCUT2D eigenvalue weighted by molar-refractivity contribution is 0.0955. The van der Waals surface area contributed by atoms with Gasteiger partial charge in [-0.1, -0.05) is 15.9 Å². The molecule has 0 fully saturated rings. The Morgan fingerprint density at radius 1 is 0.960 bits per heavy atom. The average molecular weight is 396 g/mol. The number of pyridine rings is 1. The molecule has 5 nitrogen and oxygen atoms in total. The highest BCUT2D eigenvalue weighted by Gasteiger charge is 2.02. The van der Waals surface area contributed by atoms with E-state index in [0.29, 0.717) is 5.56 Å². The number of ether oxygens (including phenoxy) is 1. The summed E-state index contributed by atoms with van der Waals surface area (Å²) in [5.74, 6) is 1.20. The second-order valence-corrected chi connectivity index (χ2v) is 5.98. The molecule has 1 aromatic heterocycles. The molecule has 1 N–H and O–H groups in total. The lowest BCUT2D eigenvalue weighted by atomic mass is 10.2. The number of rotatable bonds is 5. The second kappa shape index (κ2) is 8.21. The Kier molecular flexibility index (Phi) is 5.53. The lowest BCUT2D eigenvalue weighted by Crippen LogP contribution is -2.17. The molecule has 0 aliphatic heterocycles. The highest BCUT2D eigenvalue weighted by Crippen LogP contribution is 2.23. The van der Waals surface area contributed by atoms with Gasteiger partial charge in [0.1, 0.15) is 11.5 Å². The SMILES string of the molecule is O=C(N/N=C\c1ccc(Oc2ccc(Br)cc2)cc1)c1ccncc1. The van der Waals surface area contributed by atoms with Crippen molar-refractivity contribution in [1.82, 2.24) is 10.4 Å². The van der Waals surface area contributed by atoms with Crippen molar-refractivity contribution in [2.75, 3.05) is 0 Å². The number of hydrogen-bond acceptors (Lipinski definition) is 4. The van der Waals surface area contributed by atoms with Crippen molar-refractivity contribution in [3.05, 3.63) is 88.7 Å². The van der Waals surface area contributed by atoms with Gasteiger partial charge in [0.25, 0.3) is 5.91 Å². The van der Waals surface area contributed by atoms with Crippen molar-refractivity contribution in [2.24, 2.45) is 5.10 Å². The first kappa shape index (κ1) is 16.9. The van der Waals surface area contributed by atoms with Crippen LogP contribution in [0.15, 0.2) is 82.6 Å². The normalized spacial score (nSPS) is 10.6. The molecule has 0 aliphatic rings. The fourth-order valence-corrected chi connectivity index (χ4v) is 2.26. The summed E-state index contributed by atoms with van der Waals surface area (Å²) >= 11 is 3.39. The van der Waals surface area contributed by atoms with Crippen LogP contribution in [-0.4, -0.2) is 17.1 Å². The minimum Gasteiger partial charge on any atom is -0.457 e. The van der Waals surface area contributed by atoms with Crippen molar-refractivity contribution in [1.29, 1.82) is 0 Å². The smallest absolute Gasteiger partial charge is 0.271 e. The van der Waals surface area contributed by atoms with Crippen LogP contribution in [0.25, 0.3) is 0 Å². The van der Waals surface area contributed by atoms with Gasteiger partial charge in [-0.25, -0.2) is 5.43 Å². The topological polar surface area (TPSA) is 63.6 Å². The first-order valence-electron chi connectivity index (χ1n) is 7.47. The number of nitrogens with zero attached hydrogens (tertiary/aromatic N) is 2. The van der Waals surface area contributed by atoms with Crippen LogP contribution in [0, 0.1) is 0 Å². The molecule has 0 bridgehead atoms. The van der Waals surface area contributed by atoms with E-state index in [1.807, 2.05) is 48.5 Å². The molecule has 2 aromatic carbocycles. The molecule has 0 atom stereocenters. The summed E-state index contributed by atoms with van der Waals surface area (Å²) in [5.41, 5.74) is 3.82. The van der Waals surface area contributed by atoms with E-state index in [4.69, 9.17) is 4.74 Å². The molecule has 0 spiro atoms. The number of carbonyl (C=O) groups is 1. The summed E-state index contributed by atoms with van der Waals surface area (Å²) in [5, 5.41) is 3.95. The molecule has 3 rings (SSSR count). The van der Waals surface area contributed by atoms with Crippen molar-refractivity contribution in [3.8, 4) is 11.5 Å². The van der Waals surface area contributed by atoms with E-state index in [0.717, 1.165) is 21.5 Å². The minimum atomic E-state index is -0.283. The Morgan fingerprint density at radius 2 is 1.56 bits per heavy atom. The van der Waals surface area contributed by atoms with Crippen LogP contribution in [-0.2, 0) is 0 Å². The van der Waals surface area contributed by atoms with Crippen LogP contribution < -0.4 is 10.2 Å². The Labute approximate surface area is 153 Å². The van der Waals surface area contributed by atoms with Crippen LogP contribution in [0.1, 0.15) is 15.9 Å². The first-order chi connectivity index (χ1) is 12.2. The van der Waals surface area contributed by atoms with E-state index < -0.39 is 0 Å². The molecule has 0 aliphatic carbocycles. The van der Waals surface area contributed by atoms with Crippen LogP contribution in [0.4, 0.5) is 0 Å². The fraction of sp³-hybridized carbons (Fsp3) is 0. The van der Waals surface area contributed by atoms with Crippen molar-refractivity contribution in [2.45, 2.75) is 0 Å². The van der Waals surface area contributed by atoms with E-state index in [1.165, 1.54) is 0 Å². The highest BCUT2D eigenvalue weighted by molar-refractivity contribution is 9.10. The van der Waals surface area contributed by atoms with Gasteiger partial charge in [0.2, 0.25) is 0 Å².